The highest BCUT2D eigenvalue weighted by atomic mass is 15.2. The maximum Gasteiger partial charge on any atom is 0.129 e. The monoisotopic (exact) mass is 267 g/mol. The first-order valence-electron chi connectivity index (χ1n) is 7.42. The van der Waals surface area contributed by atoms with E-state index in [9.17, 15) is 0 Å². The molecule has 1 atom stereocenters. The molecule has 0 N–H and O–H groups in total. The number of aryl methyl sites for hydroxylation is 1. The lowest BCUT2D eigenvalue weighted by atomic mass is 9.75. The van der Waals surface area contributed by atoms with Gasteiger partial charge < -0.3 is 4.90 Å². The first-order chi connectivity index (χ1) is 9.47. The van der Waals surface area contributed by atoms with Gasteiger partial charge in [-0.3, -0.25) is 0 Å². The zero-order valence-corrected chi connectivity index (χ0v) is 12.7. The van der Waals surface area contributed by atoms with Gasteiger partial charge in [0, 0.05) is 18.5 Å². The van der Waals surface area contributed by atoms with Crippen molar-refractivity contribution in [3.63, 3.8) is 0 Å². The zero-order chi connectivity index (χ0) is 14.3. The molecule has 1 fully saturated rings. The van der Waals surface area contributed by atoms with Crippen molar-refractivity contribution in [2.75, 3.05) is 18.0 Å². The van der Waals surface area contributed by atoms with Gasteiger partial charge in [-0.1, -0.05) is 32.0 Å². The molecular formula is C18H23N2. The van der Waals surface area contributed by atoms with E-state index in [0.717, 1.165) is 30.8 Å². The van der Waals surface area contributed by atoms with Crippen LogP contribution in [0.2, 0.25) is 0 Å². The molecule has 1 aromatic heterocycles. The lowest BCUT2D eigenvalue weighted by Gasteiger charge is -2.43. The molecule has 1 saturated heterocycles. The van der Waals surface area contributed by atoms with Gasteiger partial charge in [-0.2, -0.15) is 0 Å². The van der Waals surface area contributed by atoms with Gasteiger partial charge in [0.25, 0.3) is 0 Å². The molecule has 0 bridgehead atoms. The summed E-state index contributed by atoms with van der Waals surface area (Å²) in [5, 5.41) is 1.22. The van der Waals surface area contributed by atoms with Crippen LogP contribution in [0.5, 0.6) is 0 Å². The lowest BCUT2D eigenvalue weighted by Crippen LogP contribution is -2.45. The number of fused-ring (bicyclic) bond motifs is 1. The number of hydrogen-bond donors (Lipinski definition) is 0. The maximum absolute atomic E-state index is 4.89. The molecule has 20 heavy (non-hydrogen) atoms. The van der Waals surface area contributed by atoms with Crippen LogP contribution in [-0.4, -0.2) is 18.1 Å². The zero-order valence-electron chi connectivity index (χ0n) is 12.7. The van der Waals surface area contributed by atoms with Crippen molar-refractivity contribution in [2.24, 2.45) is 11.3 Å². The second-order valence-electron chi connectivity index (χ2n) is 6.71. The Kier molecular flexibility index (Phi) is 3.19. The van der Waals surface area contributed by atoms with Crippen molar-refractivity contribution < 1.29 is 0 Å². The molecule has 0 aliphatic carbocycles. The topological polar surface area (TPSA) is 16.1 Å². The first kappa shape index (κ1) is 13.4. The fraction of sp³-hybridized carbons (Fsp3) is 0.444. The number of pyridine rings is 1. The Morgan fingerprint density at radius 3 is 2.80 bits per heavy atom. The third-order valence-corrected chi connectivity index (χ3v) is 4.68. The van der Waals surface area contributed by atoms with Crippen LogP contribution in [0.25, 0.3) is 10.9 Å². The van der Waals surface area contributed by atoms with Gasteiger partial charge in [0.05, 0.1) is 5.52 Å². The van der Waals surface area contributed by atoms with Crippen LogP contribution in [0.4, 0.5) is 5.82 Å². The molecule has 1 aliphatic rings. The number of hydrogen-bond acceptors (Lipinski definition) is 2. The highest BCUT2D eigenvalue weighted by Gasteiger charge is 2.33. The fourth-order valence-electron chi connectivity index (χ4n) is 3.06. The molecule has 0 unspecified atom stereocenters. The SMILES string of the molecule is [CH2][C@H]1CCN(c2ccc3cccc(C)c3n2)CC1(C)C. The second kappa shape index (κ2) is 4.76. The summed E-state index contributed by atoms with van der Waals surface area (Å²) in [7, 11) is 0. The third kappa shape index (κ3) is 2.28. The van der Waals surface area contributed by atoms with E-state index >= 15 is 0 Å². The Hall–Kier alpha value is -1.57. The van der Waals surface area contributed by atoms with Gasteiger partial charge in [-0.25, -0.2) is 4.98 Å². The average Bonchev–Trinajstić information content (AvgIpc) is 2.42. The summed E-state index contributed by atoms with van der Waals surface area (Å²) in [5.74, 6) is 1.63. The second-order valence-corrected chi connectivity index (χ2v) is 6.71. The quantitative estimate of drug-likeness (QED) is 0.768. The van der Waals surface area contributed by atoms with E-state index < -0.39 is 0 Å². The van der Waals surface area contributed by atoms with Crippen molar-refractivity contribution in [1.29, 1.82) is 0 Å². The molecular weight excluding hydrogens is 244 g/mol. The van der Waals surface area contributed by atoms with E-state index in [4.69, 9.17) is 4.98 Å². The maximum atomic E-state index is 4.89. The highest BCUT2D eigenvalue weighted by Crippen LogP contribution is 2.36. The Morgan fingerprint density at radius 1 is 1.25 bits per heavy atom. The smallest absolute Gasteiger partial charge is 0.129 e. The van der Waals surface area contributed by atoms with Crippen LogP contribution in [0.3, 0.4) is 0 Å². The van der Waals surface area contributed by atoms with E-state index in [0.29, 0.717) is 5.92 Å². The van der Waals surface area contributed by atoms with Crippen molar-refractivity contribution >= 4 is 16.7 Å². The van der Waals surface area contributed by atoms with Crippen LogP contribution in [-0.2, 0) is 0 Å². The number of nitrogens with zero attached hydrogens (tertiary/aromatic N) is 2. The summed E-state index contributed by atoms with van der Waals surface area (Å²) in [6.45, 7) is 13.1. The van der Waals surface area contributed by atoms with Crippen LogP contribution in [0, 0.1) is 25.2 Å². The van der Waals surface area contributed by atoms with Crippen molar-refractivity contribution in [2.45, 2.75) is 27.2 Å². The largest absolute Gasteiger partial charge is 0.356 e. The number of anilines is 1. The van der Waals surface area contributed by atoms with E-state index in [1.807, 2.05) is 0 Å². The Balaban J connectivity index is 1.97. The van der Waals surface area contributed by atoms with Crippen molar-refractivity contribution in [1.82, 2.24) is 4.98 Å². The van der Waals surface area contributed by atoms with Gasteiger partial charge >= 0.3 is 0 Å². The lowest BCUT2D eigenvalue weighted by molar-refractivity contribution is 0.216. The summed E-state index contributed by atoms with van der Waals surface area (Å²) in [4.78, 5) is 7.30. The summed E-state index contributed by atoms with van der Waals surface area (Å²) in [6.07, 6.45) is 1.14. The predicted octanol–water partition coefficient (Wildman–Crippen LogP) is 4.23. The Morgan fingerprint density at radius 2 is 2.05 bits per heavy atom. The average molecular weight is 267 g/mol. The first-order valence-corrected chi connectivity index (χ1v) is 7.42. The van der Waals surface area contributed by atoms with Crippen LogP contribution < -0.4 is 4.90 Å². The number of piperidine rings is 1. The molecule has 105 valence electrons. The molecule has 0 saturated carbocycles. The normalized spacial score (nSPS) is 22.2. The summed E-state index contributed by atoms with van der Waals surface area (Å²) in [6, 6.07) is 10.7. The van der Waals surface area contributed by atoms with Crippen molar-refractivity contribution in [3.05, 3.63) is 42.8 Å². The molecule has 2 nitrogen and oxygen atoms in total. The molecule has 2 aromatic rings. The summed E-state index contributed by atoms with van der Waals surface area (Å²) >= 11 is 0. The number of rotatable bonds is 1. The number of para-hydroxylation sites is 1. The molecule has 2 heteroatoms. The van der Waals surface area contributed by atoms with E-state index in [2.05, 4.69) is 62.9 Å². The standard InChI is InChI=1S/C18H23N2/c1-13-6-5-7-15-8-9-16(19-17(13)15)20-11-10-14(2)18(3,4)12-20/h5-9,14H,2,10-12H2,1,3-4H3/t14-/m0/s1. The van der Waals surface area contributed by atoms with Crippen LogP contribution in [0.1, 0.15) is 25.8 Å². The van der Waals surface area contributed by atoms with Crippen LogP contribution >= 0.6 is 0 Å². The molecule has 0 amide bonds. The van der Waals surface area contributed by atoms with E-state index in [-0.39, 0.29) is 5.41 Å². The van der Waals surface area contributed by atoms with Gasteiger partial charge in [-0.05, 0) is 49.3 Å². The number of benzene rings is 1. The summed E-state index contributed by atoms with van der Waals surface area (Å²) < 4.78 is 0. The molecule has 1 aromatic carbocycles. The highest BCUT2D eigenvalue weighted by molar-refractivity contribution is 5.83. The predicted molar refractivity (Wildman–Crippen MR) is 85.9 cm³/mol. The van der Waals surface area contributed by atoms with Gasteiger partial charge in [0.15, 0.2) is 0 Å². The van der Waals surface area contributed by atoms with E-state index in [1.54, 1.807) is 0 Å². The molecule has 3 rings (SSSR count). The summed E-state index contributed by atoms with van der Waals surface area (Å²) in [5.41, 5.74) is 2.62. The number of aromatic nitrogens is 1. The third-order valence-electron chi connectivity index (χ3n) is 4.68. The minimum absolute atomic E-state index is 0.251. The van der Waals surface area contributed by atoms with E-state index in [1.165, 1.54) is 10.9 Å². The molecule has 1 aliphatic heterocycles. The molecule has 2 heterocycles. The van der Waals surface area contributed by atoms with Gasteiger partial charge in [0.1, 0.15) is 5.82 Å². The van der Waals surface area contributed by atoms with Crippen LogP contribution in [0.15, 0.2) is 30.3 Å². The van der Waals surface area contributed by atoms with Crippen molar-refractivity contribution in [3.8, 4) is 0 Å². The molecule has 0 spiro atoms. The minimum atomic E-state index is 0.251. The van der Waals surface area contributed by atoms with Gasteiger partial charge in [-0.15, -0.1) is 0 Å². The minimum Gasteiger partial charge on any atom is -0.356 e. The molecule has 1 radical (unpaired) electrons. The Bertz CT molecular complexity index is 630. The van der Waals surface area contributed by atoms with Gasteiger partial charge in [0.2, 0.25) is 0 Å². The fourth-order valence-corrected chi connectivity index (χ4v) is 3.06. The Labute approximate surface area is 121 Å².